The summed E-state index contributed by atoms with van der Waals surface area (Å²) < 4.78 is 81.3. The zero-order valence-corrected chi connectivity index (χ0v) is 32.3. The van der Waals surface area contributed by atoms with Gasteiger partial charge in [0.1, 0.15) is 34.8 Å². The van der Waals surface area contributed by atoms with Crippen molar-refractivity contribution in [3.8, 4) is 17.0 Å². The SMILES string of the molecule is Cc1ccc(-c2cc(O[C@@H]3C[C@H]4C(=O)N[C@]5(C(=O)NS(=O)(=O)C6CC6)C[C@H]5C=CCCCCC[C@H](NC(=O)C(F)(F)F)C(=O)N4C3)c3oc4ccccc4c3n2)cc1. The van der Waals surface area contributed by atoms with E-state index in [-0.39, 0.29) is 31.6 Å². The zero-order chi connectivity index (χ0) is 41.0. The van der Waals surface area contributed by atoms with Crippen molar-refractivity contribution in [2.45, 2.75) is 99.9 Å². The van der Waals surface area contributed by atoms with Crippen LogP contribution in [0.15, 0.2) is 71.2 Å². The molecule has 5 atom stereocenters. The van der Waals surface area contributed by atoms with E-state index in [1.54, 1.807) is 24.3 Å². The number of aryl methyl sites for hydroxylation is 1. The predicted molar refractivity (Wildman–Crippen MR) is 205 cm³/mol. The molecule has 2 aliphatic carbocycles. The van der Waals surface area contributed by atoms with Gasteiger partial charge in [-0.3, -0.25) is 23.9 Å². The summed E-state index contributed by atoms with van der Waals surface area (Å²) in [5, 5.41) is 4.61. The lowest BCUT2D eigenvalue weighted by Crippen LogP contribution is -2.58. The first-order chi connectivity index (χ1) is 27.6. The number of nitrogens with one attached hydrogen (secondary N) is 3. The average Bonchev–Trinajstić information content (AvgIpc) is 4.08. The number of rotatable bonds is 7. The van der Waals surface area contributed by atoms with Gasteiger partial charge in [0, 0.05) is 29.4 Å². The van der Waals surface area contributed by atoms with Crippen LogP contribution in [0.4, 0.5) is 13.2 Å². The van der Waals surface area contributed by atoms with Crippen LogP contribution in [0.5, 0.6) is 5.75 Å². The first kappa shape index (κ1) is 39.4. The molecule has 17 heteroatoms. The number of furan rings is 1. The molecule has 3 fully saturated rings. The van der Waals surface area contributed by atoms with Crippen LogP contribution in [0.2, 0.25) is 0 Å². The Morgan fingerprint density at radius 1 is 1.03 bits per heavy atom. The normalized spacial score (nSPS) is 25.6. The zero-order valence-electron chi connectivity index (χ0n) is 31.5. The fraction of sp³-hybridized carbons (Fsp3) is 0.439. The Bertz CT molecular complexity index is 2430. The number of fused-ring (bicyclic) bond motifs is 5. The second-order valence-electron chi connectivity index (χ2n) is 15.7. The predicted octanol–water partition coefficient (Wildman–Crippen LogP) is 5.36. The van der Waals surface area contributed by atoms with E-state index in [0.717, 1.165) is 16.0 Å². The summed E-state index contributed by atoms with van der Waals surface area (Å²) in [6.45, 7) is 1.68. The van der Waals surface area contributed by atoms with Crippen molar-refractivity contribution in [1.29, 1.82) is 0 Å². The van der Waals surface area contributed by atoms with Crippen LogP contribution in [0.3, 0.4) is 0 Å². The van der Waals surface area contributed by atoms with Crippen molar-refractivity contribution in [3.05, 3.63) is 72.3 Å². The van der Waals surface area contributed by atoms with Crippen molar-refractivity contribution < 1.29 is 49.9 Å². The van der Waals surface area contributed by atoms with Gasteiger partial charge in [-0.25, -0.2) is 13.4 Å². The molecule has 3 N–H and O–H groups in total. The lowest BCUT2D eigenvalue weighted by atomic mass is 10.0. The highest BCUT2D eigenvalue weighted by atomic mass is 32.2. The van der Waals surface area contributed by atoms with E-state index in [1.807, 2.05) is 54.7 Å². The van der Waals surface area contributed by atoms with Gasteiger partial charge < -0.3 is 24.7 Å². The van der Waals surface area contributed by atoms with Crippen LogP contribution in [0.25, 0.3) is 33.3 Å². The van der Waals surface area contributed by atoms with Crippen LogP contribution in [-0.2, 0) is 29.2 Å². The molecule has 2 aromatic carbocycles. The summed E-state index contributed by atoms with van der Waals surface area (Å²) in [6, 6.07) is 13.6. The van der Waals surface area contributed by atoms with Gasteiger partial charge in [0.15, 0.2) is 11.3 Å². The number of alkyl halides is 3. The van der Waals surface area contributed by atoms with E-state index < -0.39 is 74.7 Å². The lowest BCUT2D eigenvalue weighted by molar-refractivity contribution is -0.175. The average molecular weight is 822 g/mol. The highest BCUT2D eigenvalue weighted by molar-refractivity contribution is 7.91. The number of allylic oxidation sites excluding steroid dienone is 1. The quantitative estimate of drug-likeness (QED) is 0.207. The molecule has 2 aromatic heterocycles. The van der Waals surface area contributed by atoms with Gasteiger partial charge in [-0.15, -0.1) is 0 Å². The summed E-state index contributed by atoms with van der Waals surface area (Å²) >= 11 is 0. The topological polar surface area (TPSA) is 177 Å². The summed E-state index contributed by atoms with van der Waals surface area (Å²) in [5.41, 5.74) is 2.05. The molecule has 2 saturated carbocycles. The van der Waals surface area contributed by atoms with Crippen LogP contribution in [0.1, 0.15) is 63.4 Å². The van der Waals surface area contributed by atoms with Crippen LogP contribution >= 0.6 is 0 Å². The molecular weight excluding hydrogens is 780 g/mol. The van der Waals surface area contributed by atoms with Crippen molar-refractivity contribution in [3.63, 3.8) is 0 Å². The summed E-state index contributed by atoms with van der Waals surface area (Å²) in [5.74, 6) is -5.25. The molecule has 8 rings (SSSR count). The molecule has 4 heterocycles. The molecule has 2 aliphatic heterocycles. The Morgan fingerprint density at radius 3 is 2.53 bits per heavy atom. The van der Waals surface area contributed by atoms with Gasteiger partial charge in [-0.1, -0.05) is 67.0 Å². The Morgan fingerprint density at radius 2 is 1.79 bits per heavy atom. The third-order valence-corrected chi connectivity index (χ3v) is 13.2. The first-order valence-electron chi connectivity index (χ1n) is 19.4. The lowest BCUT2D eigenvalue weighted by Gasteiger charge is -2.30. The number of benzene rings is 2. The van der Waals surface area contributed by atoms with Gasteiger partial charge in [-0.05, 0) is 57.6 Å². The highest BCUT2D eigenvalue weighted by Gasteiger charge is 2.62. The first-order valence-corrected chi connectivity index (χ1v) is 21.0. The van der Waals surface area contributed by atoms with E-state index in [4.69, 9.17) is 14.1 Å². The largest absolute Gasteiger partial charge is 0.484 e. The third-order valence-electron chi connectivity index (χ3n) is 11.3. The smallest absolute Gasteiger partial charge is 0.471 e. The number of ether oxygens (including phenoxy) is 1. The Hall–Kier alpha value is -5.45. The molecule has 0 bridgehead atoms. The molecular formula is C41H42F3N5O8S. The van der Waals surface area contributed by atoms with Crippen LogP contribution < -0.4 is 20.1 Å². The van der Waals surface area contributed by atoms with E-state index >= 15 is 0 Å². The Kier molecular flexibility index (Phi) is 10.2. The molecule has 306 valence electrons. The van der Waals surface area contributed by atoms with Crippen molar-refractivity contribution in [1.82, 2.24) is 25.2 Å². The van der Waals surface area contributed by atoms with Crippen molar-refractivity contribution in [2.75, 3.05) is 6.54 Å². The molecule has 0 spiro atoms. The molecule has 13 nitrogen and oxygen atoms in total. The summed E-state index contributed by atoms with van der Waals surface area (Å²) in [4.78, 5) is 60.7. The standard InChI is InChI=1S/C41H42F3N5O8S/c1-23-13-15-24(16-14-23)30-20-33(35-34(45-30)28-10-7-8-12-32(28)57-35)56-26-19-31-36(50)47-40(38(52)48-58(54,55)27-17-18-27)21-25(40)9-5-3-2-4-6-11-29(37(51)49(31)22-26)46-39(53)41(42,43)44/h5,7-10,12-16,20,25-27,29,31H,2-4,6,11,17-19,21-22H2,1H3,(H,46,53)(H,47,50)(H,48,52)/t25-,26-,29+,31+,40-/m1/s1. The summed E-state index contributed by atoms with van der Waals surface area (Å²) in [7, 11) is -3.99. The van der Waals surface area contributed by atoms with Crippen molar-refractivity contribution in [2.24, 2.45) is 5.92 Å². The number of hydrogen-bond acceptors (Lipinski definition) is 9. The monoisotopic (exact) mass is 821 g/mol. The van der Waals surface area contributed by atoms with Crippen LogP contribution in [-0.4, -0.2) is 83.6 Å². The van der Waals surface area contributed by atoms with Gasteiger partial charge in [-0.2, -0.15) is 13.2 Å². The maximum atomic E-state index is 14.4. The highest BCUT2D eigenvalue weighted by Crippen LogP contribution is 2.46. The Balaban J connectivity index is 1.15. The van der Waals surface area contributed by atoms with Gasteiger partial charge in [0.05, 0.1) is 17.5 Å². The van der Waals surface area contributed by atoms with Crippen molar-refractivity contribution >= 4 is 55.7 Å². The molecule has 1 saturated heterocycles. The number of carbonyl (C=O) groups is 4. The fourth-order valence-corrected chi connectivity index (χ4v) is 9.24. The fourth-order valence-electron chi connectivity index (χ4n) is 7.88. The van der Waals surface area contributed by atoms with E-state index in [1.165, 1.54) is 0 Å². The summed E-state index contributed by atoms with van der Waals surface area (Å²) in [6.07, 6.45) is -0.0919. The minimum atomic E-state index is -5.27. The number of halogens is 3. The molecule has 0 radical (unpaired) electrons. The Labute approximate surface area is 331 Å². The molecule has 4 aromatic rings. The maximum absolute atomic E-state index is 14.4. The molecule has 4 amide bonds. The number of para-hydroxylation sites is 1. The minimum absolute atomic E-state index is 0.0922. The number of amides is 4. The second kappa shape index (κ2) is 15.1. The molecule has 58 heavy (non-hydrogen) atoms. The number of nitrogens with zero attached hydrogens (tertiary/aromatic N) is 2. The van der Waals surface area contributed by atoms with Crippen LogP contribution in [0, 0.1) is 12.8 Å². The maximum Gasteiger partial charge on any atom is 0.471 e. The molecule has 4 aliphatic rings. The number of sulfonamides is 1. The van der Waals surface area contributed by atoms with Gasteiger partial charge in [0.25, 0.3) is 5.91 Å². The minimum Gasteiger partial charge on any atom is -0.484 e. The number of hydrogen-bond donors (Lipinski definition) is 3. The second-order valence-corrected chi connectivity index (χ2v) is 17.6. The van der Waals surface area contributed by atoms with Gasteiger partial charge >= 0.3 is 12.1 Å². The molecule has 0 unspecified atom stereocenters. The number of carbonyl (C=O) groups excluding carboxylic acids is 4. The third kappa shape index (κ3) is 7.87. The van der Waals surface area contributed by atoms with Gasteiger partial charge in [0.2, 0.25) is 21.8 Å². The van der Waals surface area contributed by atoms with E-state index in [0.29, 0.717) is 66.3 Å². The van der Waals surface area contributed by atoms with E-state index in [9.17, 15) is 40.8 Å². The number of aromatic nitrogens is 1. The van der Waals surface area contributed by atoms with E-state index in [2.05, 4.69) is 10.0 Å². The number of pyridine rings is 1.